The Morgan fingerprint density at radius 1 is 1.06 bits per heavy atom. The van der Waals surface area contributed by atoms with Crippen molar-refractivity contribution in [2.45, 2.75) is 6.61 Å². The second-order valence-corrected chi connectivity index (χ2v) is 8.75. The van der Waals surface area contributed by atoms with E-state index in [9.17, 15) is 4.79 Å². The first-order valence-electron chi connectivity index (χ1n) is 9.47. The minimum absolute atomic E-state index is 0.168. The van der Waals surface area contributed by atoms with Crippen molar-refractivity contribution >= 4 is 63.7 Å². The lowest BCUT2D eigenvalue weighted by Gasteiger charge is -2.13. The summed E-state index contributed by atoms with van der Waals surface area (Å²) < 4.78 is 17.7. The molecule has 1 aliphatic heterocycles. The summed E-state index contributed by atoms with van der Waals surface area (Å²) in [4.78, 5) is 16.7. The fourth-order valence-corrected chi connectivity index (χ4v) is 4.09. The zero-order valence-electron chi connectivity index (χ0n) is 16.8. The zero-order valence-corrected chi connectivity index (χ0v) is 20.4. The molecule has 0 N–H and O–H groups in total. The predicted octanol–water partition coefficient (Wildman–Crippen LogP) is 6.53. The van der Waals surface area contributed by atoms with E-state index in [2.05, 4.69) is 27.6 Å². The maximum atomic E-state index is 12.4. The molecule has 162 valence electrons. The number of rotatable bonds is 6. The third-order valence-electron chi connectivity index (χ3n) is 4.57. The Hall–Kier alpha value is -2.55. The Balaban J connectivity index is 1.60. The van der Waals surface area contributed by atoms with Crippen LogP contribution in [-0.2, 0) is 16.1 Å². The van der Waals surface area contributed by atoms with Crippen LogP contribution in [0.5, 0.6) is 11.5 Å². The number of nitrogens with zero attached hydrogens (tertiary/aromatic N) is 1. The topological polar surface area (TPSA) is 57.1 Å². The summed E-state index contributed by atoms with van der Waals surface area (Å²) in [5, 5.41) is 0.762. The van der Waals surface area contributed by atoms with Crippen molar-refractivity contribution in [1.29, 1.82) is 0 Å². The largest absolute Gasteiger partial charge is 0.493 e. The number of esters is 1. The van der Waals surface area contributed by atoms with E-state index >= 15 is 0 Å². The van der Waals surface area contributed by atoms with Crippen molar-refractivity contribution in [3.63, 3.8) is 0 Å². The van der Waals surface area contributed by atoms with E-state index in [1.54, 1.807) is 37.5 Å². The molecule has 0 unspecified atom stereocenters. The smallest absolute Gasteiger partial charge is 0.363 e. The maximum Gasteiger partial charge on any atom is 0.363 e. The van der Waals surface area contributed by atoms with Crippen molar-refractivity contribution in [2.75, 3.05) is 7.11 Å². The van der Waals surface area contributed by atoms with E-state index in [1.807, 2.05) is 36.4 Å². The monoisotopic (exact) mass is 579 g/mol. The maximum absolute atomic E-state index is 12.4. The third kappa shape index (κ3) is 5.09. The summed E-state index contributed by atoms with van der Waals surface area (Å²) in [7, 11) is 1.57. The summed E-state index contributed by atoms with van der Waals surface area (Å²) in [5.41, 5.74) is 2.51. The third-order valence-corrected chi connectivity index (χ3v) is 6.11. The van der Waals surface area contributed by atoms with E-state index < -0.39 is 5.97 Å². The molecular weight excluding hydrogens is 564 g/mol. The van der Waals surface area contributed by atoms with Crippen LogP contribution in [-0.4, -0.2) is 19.0 Å². The van der Waals surface area contributed by atoms with Gasteiger partial charge in [-0.05, 0) is 70.1 Å². The first-order valence-corrected chi connectivity index (χ1v) is 11.3. The van der Waals surface area contributed by atoms with Gasteiger partial charge >= 0.3 is 5.97 Å². The van der Waals surface area contributed by atoms with Crippen LogP contribution in [0.4, 0.5) is 0 Å². The molecule has 0 radical (unpaired) electrons. The van der Waals surface area contributed by atoms with Gasteiger partial charge in [-0.15, -0.1) is 0 Å². The van der Waals surface area contributed by atoms with E-state index in [0.717, 1.165) is 14.7 Å². The Morgan fingerprint density at radius 3 is 2.56 bits per heavy atom. The van der Waals surface area contributed by atoms with Crippen LogP contribution in [0.15, 0.2) is 71.4 Å². The molecule has 0 aliphatic carbocycles. The molecule has 0 atom stereocenters. The minimum Gasteiger partial charge on any atom is -0.493 e. The van der Waals surface area contributed by atoms with Crippen LogP contribution in [0.25, 0.3) is 6.08 Å². The highest BCUT2D eigenvalue weighted by Crippen LogP contribution is 2.35. The number of hydrogen-bond acceptors (Lipinski definition) is 5. The first kappa shape index (κ1) is 22.6. The van der Waals surface area contributed by atoms with Crippen LogP contribution in [0.2, 0.25) is 10.0 Å². The lowest BCUT2D eigenvalue weighted by Crippen LogP contribution is -2.05. The van der Waals surface area contributed by atoms with Crippen molar-refractivity contribution in [3.8, 4) is 11.5 Å². The number of ether oxygens (including phenoxy) is 3. The Morgan fingerprint density at radius 2 is 1.84 bits per heavy atom. The molecule has 32 heavy (non-hydrogen) atoms. The van der Waals surface area contributed by atoms with Crippen molar-refractivity contribution in [1.82, 2.24) is 0 Å². The fourth-order valence-electron chi connectivity index (χ4n) is 3.01. The molecule has 0 saturated carbocycles. The normalized spacial score (nSPS) is 14.3. The van der Waals surface area contributed by atoms with E-state index in [-0.39, 0.29) is 11.6 Å². The summed E-state index contributed by atoms with van der Waals surface area (Å²) in [6, 6.07) is 18.5. The van der Waals surface area contributed by atoms with E-state index in [4.69, 9.17) is 37.4 Å². The van der Waals surface area contributed by atoms with Gasteiger partial charge in [-0.2, -0.15) is 0 Å². The number of benzene rings is 3. The highest BCUT2D eigenvalue weighted by molar-refractivity contribution is 14.1. The number of aliphatic imine (C=N–C) groups is 1. The van der Waals surface area contributed by atoms with Crippen LogP contribution in [0, 0.1) is 3.57 Å². The molecule has 5 nitrogen and oxygen atoms in total. The molecule has 0 saturated heterocycles. The highest BCUT2D eigenvalue weighted by Gasteiger charge is 2.25. The summed E-state index contributed by atoms with van der Waals surface area (Å²) in [6.07, 6.45) is 1.64. The number of carbonyl (C=O) groups is 1. The average Bonchev–Trinajstić information content (AvgIpc) is 3.15. The van der Waals surface area contributed by atoms with Crippen LogP contribution < -0.4 is 9.47 Å². The Bertz CT molecular complexity index is 1240. The van der Waals surface area contributed by atoms with Gasteiger partial charge in [0.1, 0.15) is 6.61 Å². The first-order chi connectivity index (χ1) is 15.4. The fraction of sp³-hybridized carbons (Fsp3) is 0.0833. The Labute approximate surface area is 208 Å². The molecule has 0 fully saturated rings. The average molecular weight is 580 g/mol. The molecule has 0 bridgehead atoms. The predicted molar refractivity (Wildman–Crippen MR) is 134 cm³/mol. The summed E-state index contributed by atoms with van der Waals surface area (Å²) in [5.74, 6) is 0.807. The number of hydrogen-bond donors (Lipinski definition) is 0. The second kappa shape index (κ2) is 9.94. The molecule has 8 heteroatoms. The Kier molecular flexibility index (Phi) is 7.03. The quantitative estimate of drug-likeness (QED) is 0.189. The summed E-state index contributed by atoms with van der Waals surface area (Å²) >= 11 is 14.2. The van der Waals surface area contributed by atoms with Gasteiger partial charge in [0.2, 0.25) is 5.90 Å². The van der Waals surface area contributed by atoms with Gasteiger partial charge in [-0.25, -0.2) is 9.79 Å². The van der Waals surface area contributed by atoms with Gasteiger partial charge in [0.15, 0.2) is 17.2 Å². The molecular formula is C24H16Cl2INO4. The standard InChI is InChI=1S/C24H16Cl2INO4/c1-30-21-11-15(9-19(27)22(21)31-13-14-5-3-2-4-6-14)10-20-24(29)32-23(28-20)16-7-8-17(25)18(26)12-16/h2-12H,13H2,1H3/b20-10-. The highest BCUT2D eigenvalue weighted by atomic mass is 127. The number of cyclic esters (lactones) is 1. The minimum atomic E-state index is -0.551. The molecule has 0 amide bonds. The molecule has 1 aliphatic rings. The molecule has 1 heterocycles. The van der Waals surface area contributed by atoms with Crippen molar-refractivity contribution < 1.29 is 19.0 Å². The van der Waals surface area contributed by atoms with Gasteiger partial charge in [0, 0.05) is 5.56 Å². The van der Waals surface area contributed by atoms with Crippen LogP contribution in [0.1, 0.15) is 16.7 Å². The molecule has 0 aromatic heterocycles. The SMILES string of the molecule is COc1cc(/C=C2\N=C(c3ccc(Cl)c(Cl)c3)OC2=O)cc(I)c1OCc1ccccc1. The molecule has 4 rings (SSSR count). The molecule has 3 aromatic carbocycles. The van der Waals surface area contributed by atoms with Crippen LogP contribution >= 0.6 is 45.8 Å². The van der Waals surface area contributed by atoms with Gasteiger partial charge in [0.25, 0.3) is 0 Å². The van der Waals surface area contributed by atoms with Gasteiger partial charge in [0.05, 0.1) is 20.7 Å². The van der Waals surface area contributed by atoms with Gasteiger partial charge < -0.3 is 14.2 Å². The number of halogens is 3. The van der Waals surface area contributed by atoms with Crippen molar-refractivity contribution in [2.24, 2.45) is 4.99 Å². The number of methoxy groups -OCH3 is 1. The van der Waals surface area contributed by atoms with Crippen LogP contribution in [0.3, 0.4) is 0 Å². The lowest BCUT2D eigenvalue weighted by atomic mass is 10.1. The number of carbonyl (C=O) groups excluding carboxylic acids is 1. The van der Waals surface area contributed by atoms with E-state index in [0.29, 0.717) is 33.7 Å². The zero-order chi connectivity index (χ0) is 22.7. The van der Waals surface area contributed by atoms with Crippen molar-refractivity contribution in [3.05, 3.63) is 96.7 Å². The summed E-state index contributed by atoms with van der Waals surface area (Å²) in [6.45, 7) is 0.414. The molecule has 3 aromatic rings. The van der Waals surface area contributed by atoms with E-state index in [1.165, 1.54) is 0 Å². The van der Waals surface area contributed by atoms with Gasteiger partial charge in [-0.1, -0.05) is 53.5 Å². The van der Waals surface area contributed by atoms with Gasteiger partial charge in [-0.3, -0.25) is 0 Å². The second-order valence-electron chi connectivity index (χ2n) is 6.77. The molecule has 0 spiro atoms. The lowest BCUT2D eigenvalue weighted by molar-refractivity contribution is -0.129.